The van der Waals surface area contributed by atoms with Gasteiger partial charge in [0, 0.05) is 19.2 Å². The van der Waals surface area contributed by atoms with Gasteiger partial charge in [-0.05, 0) is 25.0 Å². The van der Waals surface area contributed by atoms with Crippen LogP contribution in [0.1, 0.15) is 37.8 Å². The molecule has 25 heavy (non-hydrogen) atoms. The number of aromatic nitrogens is 1. The zero-order chi connectivity index (χ0) is 18.2. The molecule has 0 unspecified atom stereocenters. The molecule has 10 heteroatoms. The minimum Gasteiger partial charge on any atom is -0.355 e. The van der Waals surface area contributed by atoms with Crippen LogP contribution in [0.25, 0.3) is 10.6 Å². The molecule has 0 radical (unpaired) electrons. The third kappa shape index (κ3) is 3.75. The smallest absolute Gasteiger partial charge is 0.355 e. The molecule has 0 amide bonds. The van der Waals surface area contributed by atoms with Gasteiger partial charge in [-0.15, -0.1) is 11.3 Å². The van der Waals surface area contributed by atoms with E-state index in [4.69, 9.17) is 4.52 Å². The summed E-state index contributed by atoms with van der Waals surface area (Å²) >= 11 is 0.878. The molecule has 0 spiro atoms. The Kier molecular flexibility index (Phi) is 4.95. The predicted molar refractivity (Wildman–Crippen MR) is 86.6 cm³/mol. The summed E-state index contributed by atoms with van der Waals surface area (Å²) in [7, 11) is -2.12. The Labute approximate surface area is 147 Å². The number of alkyl halides is 3. The van der Waals surface area contributed by atoms with Crippen molar-refractivity contribution in [3.8, 4) is 10.6 Å². The molecule has 2 heterocycles. The van der Waals surface area contributed by atoms with E-state index in [1.165, 1.54) is 16.4 Å². The number of hydrogen-bond donors (Lipinski definition) is 0. The molecule has 1 aliphatic rings. The van der Waals surface area contributed by atoms with Gasteiger partial charge in [-0.25, -0.2) is 8.42 Å². The molecular formula is C15H17F3N2O3S2. The van der Waals surface area contributed by atoms with Crippen LogP contribution in [0.4, 0.5) is 13.2 Å². The van der Waals surface area contributed by atoms with Crippen LogP contribution in [0.3, 0.4) is 0 Å². The SMILES string of the molecule is CN(C1CCCCC1)S(=O)(=O)c1ccc(-c2cc(C(F)(F)F)no2)s1. The summed E-state index contributed by atoms with van der Waals surface area (Å²) in [5.74, 6) is -0.0981. The normalized spacial score (nSPS) is 17.3. The summed E-state index contributed by atoms with van der Waals surface area (Å²) in [4.78, 5) is 0.290. The Balaban J connectivity index is 1.83. The first-order valence-electron chi connectivity index (χ1n) is 7.82. The highest BCUT2D eigenvalue weighted by molar-refractivity contribution is 7.91. The minimum atomic E-state index is -4.60. The topological polar surface area (TPSA) is 63.4 Å². The zero-order valence-corrected chi connectivity index (χ0v) is 15.0. The first kappa shape index (κ1) is 18.4. The lowest BCUT2D eigenvalue weighted by Crippen LogP contribution is -2.37. The molecular weight excluding hydrogens is 377 g/mol. The van der Waals surface area contributed by atoms with E-state index in [0.29, 0.717) is 4.88 Å². The van der Waals surface area contributed by atoms with Gasteiger partial charge in [0.15, 0.2) is 11.5 Å². The van der Waals surface area contributed by atoms with Gasteiger partial charge in [-0.3, -0.25) is 0 Å². The molecule has 0 aliphatic heterocycles. The van der Waals surface area contributed by atoms with Crippen LogP contribution >= 0.6 is 11.3 Å². The second-order valence-electron chi connectivity index (χ2n) is 6.01. The molecule has 2 aromatic rings. The van der Waals surface area contributed by atoms with Gasteiger partial charge in [0.2, 0.25) is 0 Å². The highest BCUT2D eigenvalue weighted by Gasteiger charge is 2.36. The Morgan fingerprint density at radius 2 is 1.92 bits per heavy atom. The van der Waals surface area contributed by atoms with Gasteiger partial charge in [0.05, 0.1) is 4.88 Å². The average molecular weight is 394 g/mol. The fourth-order valence-electron chi connectivity index (χ4n) is 2.90. The maximum Gasteiger partial charge on any atom is 0.436 e. The number of hydrogen-bond acceptors (Lipinski definition) is 5. The van der Waals surface area contributed by atoms with Crippen molar-refractivity contribution < 1.29 is 26.1 Å². The predicted octanol–water partition coefficient (Wildman–Crippen LogP) is 4.38. The fourth-order valence-corrected chi connectivity index (χ4v) is 5.76. The van der Waals surface area contributed by atoms with E-state index in [1.807, 2.05) is 0 Å². The molecule has 0 N–H and O–H groups in total. The molecule has 2 aromatic heterocycles. The van der Waals surface area contributed by atoms with Crippen molar-refractivity contribution in [3.63, 3.8) is 0 Å². The molecule has 0 atom stereocenters. The third-order valence-corrected chi connectivity index (χ3v) is 7.82. The van der Waals surface area contributed by atoms with Crippen LogP contribution in [0.2, 0.25) is 0 Å². The van der Waals surface area contributed by atoms with Crippen LogP contribution < -0.4 is 0 Å². The lowest BCUT2D eigenvalue weighted by molar-refractivity contribution is -0.142. The van der Waals surface area contributed by atoms with Gasteiger partial charge in [-0.1, -0.05) is 24.4 Å². The highest BCUT2D eigenvalue weighted by Crippen LogP contribution is 2.37. The quantitative estimate of drug-likeness (QED) is 0.772. The minimum absolute atomic E-state index is 0.0357. The first-order valence-corrected chi connectivity index (χ1v) is 10.1. The summed E-state index contributed by atoms with van der Waals surface area (Å²) in [5, 5.41) is 2.99. The second-order valence-corrected chi connectivity index (χ2v) is 9.31. The van der Waals surface area contributed by atoms with E-state index in [1.54, 1.807) is 7.05 Å². The largest absolute Gasteiger partial charge is 0.436 e. The Morgan fingerprint density at radius 3 is 2.52 bits per heavy atom. The van der Waals surface area contributed by atoms with Crippen LogP contribution in [0.5, 0.6) is 0 Å². The summed E-state index contributed by atoms with van der Waals surface area (Å²) in [6, 6.07) is 3.57. The lowest BCUT2D eigenvalue weighted by atomic mass is 9.96. The molecule has 1 saturated carbocycles. The van der Waals surface area contributed by atoms with Gasteiger partial charge in [0.1, 0.15) is 4.21 Å². The number of thiophene rings is 1. The van der Waals surface area contributed by atoms with E-state index in [0.717, 1.165) is 49.5 Å². The molecule has 3 rings (SSSR count). The van der Waals surface area contributed by atoms with Crippen molar-refractivity contribution in [1.82, 2.24) is 9.46 Å². The maximum atomic E-state index is 12.8. The van der Waals surface area contributed by atoms with E-state index >= 15 is 0 Å². The first-order chi connectivity index (χ1) is 11.7. The van der Waals surface area contributed by atoms with Crippen molar-refractivity contribution >= 4 is 21.4 Å². The highest BCUT2D eigenvalue weighted by atomic mass is 32.2. The van der Waals surface area contributed by atoms with E-state index < -0.39 is 21.9 Å². The van der Waals surface area contributed by atoms with Gasteiger partial charge in [-0.2, -0.15) is 17.5 Å². The van der Waals surface area contributed by atoms with Gasteiger partial charge < -0.3 is 4.52 Å². The third-order valence-electron chi connectivity index (χ3n) is 4.35. The molecule has 0 aromatic carbocycles. The van der Waals surface area contributed by atoms with E-state index in [2.05, 4.69) is 5.16 Å². The average Bonchev–Trinajstić information content (AvgIpc) is 3.23. The molecule has 138 valence electrons. The molecule has 1 aliphatic carbocycles. The monoisotopic (exact) mass is 394 g/mol. The zero-order valence-electron chi connectivity index (χ0n) is 13.4. The Morgan fingerprint density at radius 1 is 1.24 bits per heavy atom. The van der Waals surface area contributed by atoms with Crippen molar-refractivity contribution in [2.24, 2.45) is 0 Å². The number of sulfonamides is 1. The number of rotatable bonds is 4. The van der Waals surface area contributed by atoms with Crippen LogP contribution in [0, 0.1) is 0 Å². The number of nitrogens with zero attached hydrogens (tertiary/aromatic N) is 2. The number of halogens is 3. The maximum absolute atomic E-state index is 12.8. The Hall–Kier alpha value is -1.39. The van der Waals surface area contributed by atoms with Crippen molar-refractivity contribution in [2.45, 2.75) is 48.5 Å². The fraction of sp³-hybridized carbons (Fsp3) is 0.533. The second kappa shape index (κ2) is 6.73. The summed E-state index contributed by atoms with van der Waals surface area (Å²) < 4.78 is 69.5. The van der Waals surface area contributed by atoms with Crippen LogP contribution in [-0.2, 0) is 16.2 Å². The van der Waals surface area contributed by atoms with Gasteiger partial charge >= 0.3 is 6.18 Å². The Bertz CT molecular complexity index is 836. The summed E-state index contributed by atoms with van der Waals surface area (Å²) in [5.41, 5.74) is -1.14. The van der Waals surface area contributed by atoms with Crippen molar-refractivity contribution in [2.75, 3.05) is 7.05 Å². The lowest BCUT2D eigenvalue weighted by Gasteiger charge is -2.29. The van der Waals surface area contributed by atoms with E-state index in [9.17, 15) is 21.6 Å². The molecule has 5 nitrogen and oxygen atoms in total. The molecule has 0 bridgehead atoms. The van der Waals surface area contributed by atoms with E-state index in [-0.39, 0.29) is 16.0 Å². The molecule has 0 saturated heterocycles. The molecule has 1 fully saturated rings. The van der Waals surface area contributed by atoms with Gasteiger partial charge in [0.25, 0.3) is 10.0 Å². The summed E-state index contributed by atoms with van der Waals surface area (Å²) in [6.07, 6.45) is 0.155. The van der Waals surface area contributed by atoms with Crippen molar-refractivity contribution in [3.05, 3.63) is 23.9 Å². The van der Waals surface area contributed by atoms with Crippen molar-refractivity contribution in [1.29, 1.82) is 0 Å². The summed E-state index contributed by atoms with van der Waals surface area (Å²) in [6.45, 7) is 0. The standard InChI is InChI=1S/C15H17F3N2O3S2/c1-20(10-5-3-2-4-6-10)25(21,22)14-8-7-12(24-14)11-9-13(19-23-11)15(16,17)18/h7-10H,2-6H2,1H3. The van der Waals surface area contributed by atoms with Crippen LogP contribution in [-0.4, -0.2) is 31.0 Å². The van der Waals surface area contributed by atoms with Crippen LogP contribution in [0.15, 0.2) is 26.9 Å².